The Kier molecular flexibility index (Phi) is 3.14. The molecule has 0 bridgehead atoms. The van der Waals surface area contributed by atoms with Crippen LogP contribution in [0.25, 0.3) is 11.3 Å². The molecule has 0 radical (unpaired) electrons. The molecule has 0 unspecified atom stereocenters. The fourth-order valence-electron chi connectivity index (χ4n) is 1.95. The number of benzene rings is 1. The summed E-state index contributed by atoms with van der Waals surface area (Å²) in [5, 5.41) is 0. The lowest BCUT2D eigenvalue weighted by Gasteiger charge is -2.12. The molecule has 0 fully saturated rings. The molecule has 0 spiro atoms. The van der Waals surface area contributed by atoms with E-state index in [9.17, 15) is 0 Å². The number of aromatic nitrogens is 1. The van der Waals surface area contributed by atoms with E-state index in [1.807, 2.05) is 26.0 Å². The highest BCUT2D eigenvalue weighted by molar-refractivity contribution is 5.74. The van der Waals surface area contributed by atoms with Gasteiger partial charge in [-0.2, -0.15) is 4.98 Å². The maximum Gasteiger partial charge on any atom is 0.292 e. The first-order chi connectivity index (χ1) is 8.56. The van der Waals surface area contributed by atoms with Crippen molar-refractivity contribution in [2.75, 3.05) is 20.0 Å². The average molecular weight is 248 g/mol. The van der Waals surface area contributed by atoms with Gasteiger partial charge < -0.3 is 19.6 Å². The van der Waals surface area contributed by atoms with Crippen LogP contribution in [0.3, 0.4) is 0 Å². The minimum Gasteiger partial charge on any atom is -0.497 e. The van der Waals surface area contributed by atoms with Gasteiger partial charge in [-0.05, 0) is 25.5 Å². The highest BCUT2D eigenvalue weighted by Gasteiger charge is 2.18. The second-order valence-electron chi connectivity index (χ2n) is 3.98. The molecule has 0 saturated carbocycles. The van der Waals surface area contributed by atoms with Crippen LogP contribution in [0.2, 0.25) is 0 Å². The fourth-order valence-corrected chi connectivity index (χ4v) is 1.95. The highest BCUT2D eigenvalue weighted by Crippen LogP contribution is 2.38. The standard InChI is InChI=1S/C13H16N2O3/c1-7-5-9(16-3)6-10(17-4)11(7)12-8(2)18-13(14)15-12/h5-6H,1-4H3,(H2,14,15). The Morgan fingerprint density at radius 1 is 1.17 bits per heavy atom. The quantitative estimate of drug-likeness (QED) is 0.903. The molecule has 0 atom stereocenters. The SMILES string of the molecule is COc1cc(C)c(-c2nc(N)oc2C)c(OC)c1. The van der Waals surface area contributed by atoms with Crippen LogP contribution in [0, 0.1) is 13.8 Å². The number of ether oxygens (including phenoxy) is 2. The normalized spacial score (nSPS) is 10.4. The Bertz CT molecular complexity index is 576. The van der Waals surface area contributed by atoms with Crippen molar-refractivity contribution in [3.05, 3.63) is 23.5 Å². The molecule has 0 amide bonds. The van der Waals surface area contributed by atoms with E-state index in [0.29, 0.717) is 17.2 Å². The number of methoxy groups -OCH3 is 2. The Morgan fingerprint density at radius 2 is 1.89 bits per heavy atom. The molecule has 18 heavy (non-hydrogen) atoms. The van der Waals surface area contributed by atoms with Gasteiger partial charge in [0.25, 0.3) is 6.01 Å². The first-order valence-corrected chi connectivity index (χ1v) is 5.52. The van der Waals surface area contributed by atoms with E-state index in [0.717, 1.165) is 16.9 Å². The molecule has 2 rings (SSSR count). The number of nitrogens with two attached hydrogens (primary N) is 1. The summed E-state index contributed by atoms with van der Waals surface area (Å²) in [6.07, 6.45) is 0. The van der Waals surface area contributed by atoms with Gasteiger partial charge in [0, 0.05) is 11.6 Å². The van der Waals surface area contributed by atoms with Gasteiger partial charge in [0.2, 0.25) is 0 Å². The van der Waals surface area contributed by atoms with Crippen molar-refractivity contribution in [1.82, 2.24) is 4.98 Å². The highest BCUT2D eigenvalue weighted by atomic mass is 16.5. The van der Waals surface area contributed by atoms with Crippen LogP contribution in [0.15, 0.2) is 16.5 Å². The molecule has 5 nitrogen and oxygen atoms in total. The number of nitrogen functional groups attached to an aromatic ring is 1. The summed E-state index contributed by atoms with van der Waals surface area (Å²) >= 11 is 0. The van der Waals surface area contributed by atoms with Crippen LogP contribution in [-0.2, 0) is 0 Å². The molecule has 1 aromatic heterocycles. The van der Waals surface area contributed by atoms with E-state index in [-0.39, 0.29) is 6.01 Å². The zero-order chi connectivity index (χ0) is 13.3. The zero-order valence-electron chi connectivity index (χ0n) is 10.9. The molecular formula is C13H16N2O3. The van der Waals surface area contributed by atoms with Gasteiger partial charge in [0.15, 0.2) is 0 Å². The van der Waals surface area contributed by atoms with Gasteiger partial charge in [-0.1, -0.05) is 0 Å². The smallest absolute Gasteiger partial charge is 0.292 e. The van der Waals surface area contributed by atoms with E-state index < -0.39 is 0 Å². The molecule has 1 aromatic carbocycles. The Balaban J connectivity index is 2.66. The lowest BCUT2D eigenvalue weighted by Crippen LogP contribution is -1.95. The van der Waals surface area contributed by atoms with Gasteiger partial charge in [0.05, 0.1) is 14.2 Å². The van der Waals surface area contributed by atoms with Crippen LogP contribution in [0.5, 0.6) is 11.5 Å². The lowest BCUT2D eigenvalue weighted by molar-refractivity contribution is 0.394. The predicted octanol–water partition coefficient (Wildman–Crippen LogP) is 2.56. The van der Waals surface area contributed by atoms with Gasteiger partial charge in [0.1, 0.15) is 23.0 Å². The summed E-state index contributed by atoms with van der Waals surface area (Å²) in [5.74, 6) is 2.09. The summed E-state index contributed by atoms with van der Waals surface area (Å²) in [6, 6.07) is 3.88. The molecule has 0 saturated heterocycles. The van der Waals surface area contributed by atoms with Crippen LogP contribution in [-0.4, -0.2) is 19.2 Å². The molecule has 0 aliphatic heterocycles. The van der Waals surface area contributed by atoms with Crippen LogP contribution in [0.1, 0.15) is 11.3 Å². The summed E-state index contributed by atoms with van der Waals surface area (Å²) in [6.45, 7) is 3.78. The van der Waals surface area contributed by atoms with Crippen LogP contribution < -0.4 is 15.2 Å². The van der Waals surface area contributed by atoms with Crippen molar-refractivity contribution in [1.29, 1.82) is 0 Å². The third-order valence-electron chi connectivity index (χ3n) is 2.78. The van der Waals surface area contributed by atoms with E-state index in [1.165, 1.54) is 0 Å². The summed E-state index contributed by atoms with van der Waals surface area (Å²) in [5.41, 5.74) is 8.13. The number of anilines is 1. The summed E-state index contributed by atoms with van der Waals surface area (Å²) < 4.78 is 15.9. The van der Waals surface area contributed by atoms with E-state index in [2.05, 4.69) is 4.98 Å². The number of oxazole rings is 1. The number of aryl methyl sites for hydroxylation is 2. The minimum atomic E-state index is 0.153. The van der Waals surface area contributed by atoms with Crippen molar-refractivity contribution < 1.29 is 13.9 Å². The first-order valence-electron chi connectivity index (χ1n) is 5.52. The van der Waals surface area contributed by atoms with Crippen molar-refractivity contribution >= 4 is 6.01 Å². The van der Waals surface area contributed by atoms with Crippen molar-refractivity contribution in [3.63, 3.8) is 0 Å². The number of hydrogen-bond donors (Lipinski definition) is 1. The molecule has 96 valence electrons. The third-order valence-corrected chi connectivity index (χ3v) is 2.78. The van der Waals surface area contributed by atoms with Gasteiger partial charge in [-0.25, -0.2) is 0 Å². The Hall–Kier alpha value is -2.17. The fraction of sp³-hybridized carbons (Fsp3) is 0.308. The number of hydrogen-bond acceptors (Lipinski definition) is 5. The van der Waals surface area contributed by atoms with Crippen LogP contribution in [0.4, 0.5) is 6.01 Å². The van der Waals surface area contributed by atoms with E-state index >= 15 is 0 Å². The molecule has 0 aliphatic carbocycles. The lowest BCUT2D eigenvalue weighted by atomic mass is 10.0. The second kappa shape index (κ2) is 4.60. The van der Waals surface area contributed by atoms with E-state index in [1.54, 1.807) is 14.2 Å². The van der Waals surface area contributed by atoms with Gasteiger partial charge in [-0.3, -0.25) is 0 Å². The third kappa shape index (κ3) is 1.99. The molecule has 1 heterocycles. The molecule has 0 aliphatic rings. The summed E-state index contributed by atoms with van der Waals surface area (Å²) in [7, 11) is 3.23. The molecule has 2 aromatic rings. The number of rotatable bonds is 3. The number of nitrogens with zero attached hydrogens (tertiary/aromatic N) is 1. The average Bonchev–Trinajstić information content (AvgIpc) is 2.67. The van der Waals surface area contributed by atoms with Crippen molar-refractivity contribution in [2.24, 2.45) is 0 Å². The van der Waals surface area contributed by atoms with Gasteiger partial charge >= 0.3 is 0 Å². The largest absolute Gasteiger partial charge is 0.497 e. The minimum absolute atomic E-state index is 0.153. The maximum atomic E-state index is 5.57. The van der Waals surface area contributed by atoms with Crippen LogP contribution >= 0.6 is 0 Å². The van der Waals surface area contributed by atoms with Gasteiger partial charge in [-0.15, -0.1) is 0 Å². The molecule has 2 N–H and O–H groups in total. The second-order valence-corrected chi connectivity index (χ2v) is 3.98. The van der Waals surface area contributed by atoms with E-state index in [4.69, 9.17) is 19.6 Å². The zero-order valence-corrected chi connectivity index (χ0v) is 10.9. The Morgan fingerprint density at radius 3 is 2.39 bits per heavy atom. The monoisotopic (exact) mass is 248 g/mol. The molecule has 5 heteroatoms. The first kappa shape index (κ1) is 12.3. The van der Waals surface area contributed by atoms with Crippen molar-refractivity contribution in [3.8, 4) is 22.8 Å². The topological polar surface area (TPSA) is 70.5 Å². The predicted molar refractivity (Wildman–Crippen MR) is 68.9 cm³/mol. The molecular weight excluding hydrogens is 232 g/mol. The maximum absolute atomic E-state index is 5.57. The van der Waals surface area contributed by atoms with Crippen molar-refractivity contribution in [2.45, 2.75) is 13.8 Å². The summed E-state index contributed by atoms with van der Waals surface area (Å²) in [4.78, 5) is 4.20. The Labute approximate surface area is 106 Å².